The molecule has 0 saturated carbocycles. The van der Waals surface area contributed by atoms with Gasteiger partial charge in [-0.05, 0) is 48.4 Å². The Bertz CT molecular complexity index is 1660. The van der Waals surface area contributed by atoms with E-state index in [9.17, 15) is 14.0 Å². The fourth-order valence-electron chi connectivity index (χ4n) is 4.08. The van der Waals surface area contributed by atoms with Gasteiger partial charge >= 0.3 is 0 Å². The number of carbonyl (C=O) groups is 1. The van der Waals surface area contributed by atoms with E-state index in [-0.39, 0.29) is 23.2 Å². The van der Waals surface area contributed by atoms with Crippen molar-refractivity contribution in [3.8, 4) is 28.5 Å². The highest BCUT2D eigenvalue weighted by Gasteiger charge is 2.17. The first-order chi connectivity index (χ1) is 17.9. The molecule has 0 unspecified atom stereocenters. The molecule has 0 fully saturated rings. The number of Topliss-reactive ketones (excluding diaryl/α,β-unsaturated/α-hetero) is 1. The highest BCUT2D eigenvalue weighted by Crippen LogP contribution is 2.30. The highest BCUT2D eigenvalue weighted by molar-refractivity contribution is 5.98. The molecular weight excluding hydrogens is 473 g/mol. The summed E-state index contributed by atoms with van der Waals surface area (Å²) < 4.78 is 24.6. The Balaban J connectivity index is 1.35. The van der Waals surface area contributed by atoms with Crippen LogP contribution in [0.25, 0.3) is 22.0 Å². The van der Waals surface area contributed by atoms with Crippen LogP contribution in [-0.2, 0) is 6.42 Å². The molecule has 0 aliphatic rings. The summed E-state index contributed by atoms with van der Waals surface area (Å²) in [6.45, 7) is 1.74. The maximum atomic E-state index is 13.3. The summed E-state index contributed by atoms with van der Waals surface area (Å²) in [6.07, 6.45) is 4.72. The van der Waals surface area contributed by atoms with E-state index >= 15 is 0 Å². The highest BCUT2D eigenvalue weighted by atomic mass is 19.1. The summed E-state index contributed by atoms with van der Waals surface area (Å²) in [5.74, 6) is 0.900. The molecule has 8 heteroatoms. The van der Waals surface area contributed by atoms with Gasteiger partial charge in [-0.3, -0.25) is 14.6 Å². The van der Waals surface area contributed by atoms with Gasteiger partial charge in [-0.25, -0.2) is 9.37 Å². The number of nitrogens with one attached hydrogen (secondary N) is 1. The van der Waals surface area contributed by atoms with Crippen LogP contribution in [0, 0.1) is 12.7 Å². The fraction of sp³-hybridized carbons (Fsp3) is 0.103. The average molecular weight is 496 g/mol. The van der Waals surface area contributed by atoms with E-state index < -0.39 is 5.82 Å². The van der Waals surface area contributed by atoms with Gasteiger partial charge < -0.3 is 14.5 Å². The predicted octanol–water partition coefficient (Wildman–Crippen LogP) is 5.66. The molecule has 2 aromatic carbocycles. The lowest BCUT2D eigenvalue weighted by atomic mass is 9.98. The number of fused-ring (bicyclic) bond motifs is 1. The van der Waals surface area contributed by atoms with Crippen molar-refractivity contribution < 1.29 is 18.7 Å². The summed E-state index contributed by atoms with van der Waals surface area (Å²) >= 11 is 0. The summed E-state index contributed by atoms with van der Waals surface area (Å²) in [7, 11) is 1.54. The molecule has 0 radical (unpaired) electrons. The molecule has 184 valence electrons. The maximum absolute atomic E-state index is 13.3. The van der Waals surface area contributed by atoms with Gasteiger partial charge in [0, 0.05) is 41.5 Å². The molecule has 5 rings (SSSR count). The van der Waals surface area contributed by atoms with Gasteiger partial charge in [0.05, 0.1) is 24.4 Å². The van der Waals surface area contributed by atoms with Gasteiger partial charge in [-0.15, -0.1) is 0 Å². The second-order valence-electron chi connectivity index (χ2n) is 8.44. The van der Waals surface area contributed by atoms with Crippen molar-refractivity contribution in [1.29, 1.82) is 0 Å². The third-order valence-electron chi connectivity index (χ3n) is 6.00. The number of carbonyl (C=O) groups excluding carboxylic acids is 1. The van der Waals surface area contributed by atoms with Crippen LogP contribution in [-0.4, -0.2) is 27.8 Å². The summed E-state index contributed by atoms with van der Waals surface area (Å²) in [4.78, 5) is 37.6. The van der Waals surface area contributed by atoms with Crippen LogP contribution in [0.5, 0.6) is 17.4 Å². The molecule has 1 N–H and O–H groups in total. The number of nitrogens with zero attached hydrogens (tertiary/aromatic N) is 2. The van der Waals surface area contributed by atoms with E-state index in [0.717, 1.165) is 10.9 Å². The number of halogens is 1. The lowest BCUT2D eigenvalue weighted by Crippen LogP contribution is -2.20. The van der Waals surface area contributed by atoms with Crippen molar-refractivity contribution in [2.24, 2.45) is 0 Å². The standard InChI is InChI=1S/C29H22FN3O4/c1-17-28(19-5-7-20(30)8-6-19)29(35)23(15-32-17)25(34)13-18-3-9-21(10-4-18)37-26-11-12-31-24-16-33-27(36-2)14-22(24)26/h3-12,14-16H,13H2,1-2H3,(H,32,35). The number of ketones is 1. The minimum absolute atomic E-state index is 0.0380. The van der Waals surface area contributed by atoms with Crippen molar-refractivity contribution in [2.75, 3.05) is 7.11 Å². The van der Waals surface area contributed by atoms with E-state index in [1.54, 1.807) is 62.8 Å². The Hall–Kier alpha value is -4.85. The minimum atomic E-state index is -0.397. The van der Waals surface area contributed by atoms with Gasteiger partial charge in [-0.1, -0.05) is 24.3 Å². The minimum Gasteiger partial charge on any atom is -0.481 e. The molecule has 5 aromatic rings. The molecular formula is C29H22FN3O4. The smallest absolute Gasteiger partial charge is 0.213 e. The van der Waals surface area contributed by atoms with Crippen LogP contribution in [0.1, 0.15) is 21.6 Å². The fourth-order valence-corrected chi connectivity index (χ4v) is 4.08. The number of hydrogen-bond donors (Lipinski definition) is 1. The van der Waals surface area contributed by atoms with E-state index in [1.165, 1.54) is 30.5 Å². The Morgan fingerprint density at radius 3 is 2.51 bits per heavy atom. The number of methoxy groups -OCH3 is 1. The molecule has 0 amide bonds. The van der Waals surface area contributed by atoms with Gasteiger partial charge in [0.15, 0.2) is 11.2 Å². The summed E-state index contributed by atoms with van der Waals surface area (Å²) in [5.41, 5.74) is 2.57. The van der Waals surface area contributed by atoms with Crippen LogP contribution in [0.4, 0.5) is 4.39 Å². The number of hydrogen-bond acceptors (Lipinski definition) is 6. The van der Waals surface area contributed by atoms with Crippen LogP contribution >= 0.6 is 0 Å². The summed E-state index contributed by atoms with van der Waals surface area (Å²) in [6, 6.07) is 16.2. The van der Waals surface area contributed by atoms with Crippen molar-refractivity contribution in [3.63, 3.8) is 0 Å². The third-order valence-corrected chi connectivity index (χ3v) is 6.00. The first-order valence-electron chi connectivity index (χ1n) is 11.5. The van der Waals surface area contributed by atoms with Gasteiger partial charge in [0.25, 0.3) is 0 Å². The summed E-state index contributed by atoms with van der Waals surface area (Å²) in [5, 5.41) is 0.754. The van der Waals surface area contributed by atoms with Crippen molar-refractivity contribution in [1.82, 2.24) is 15.0 Å². The number of aryl methyl sites for hydroxylation is 1. The molecule has 0 atom stereocenters. The van der Waals surface area contributed by atoms with Gasteiger partial charge in [0.1, 0.15) is 17.3 Å². The monoisotopic (exact) mass is 495 g/mol. The Kier molecular flexibility index (Phi) is 6.47. The Morgan fingerprint density at radius 2 is 1.78 bits per heavy atom. The van der Waals surface area contributed by atoms with Crippen molar-refractivity contribution in [3.05, 3.63) is 112 Å². The number of ether oxygens (including phenoxy) is 2. The Morgan fingerprint density at radius 1 is 1.03 bits per heavy atom. The molecule has 0 aliphatic heterocycles. The molecule has 3 heterocycles. The molecule has 0 saturated heterocycles. The van der Waals surface area contributed by atoms with E-state index in [1.807, 2.05) is 0 Å². The van der Waals surface area contributed by atoms with Gasteiger partial charge in [-0.2, -0.15) is 0 Å². The lowest BCUT2D eigenvalue weighted by Gasteiger charge is -2.10. The first-order valence-corrected chi connectivity index (χ1v) is 11.5. The topological polar surface area (TPSA) is 94.2 Å². The molecule has 0 spiro atoms. The number of aromatic nitrogens is 3. The van der Waals surface area contributed by atoms with Crippen LogP contribution in [0.3, 0.4) is 0 Å². The lowest BCUT2D eigenvalue weighted by molar-refractivity contribution is 0.0991. The first kappa shape index (κ1) is 23.9. The number of aromatic amines is 1. The van der Waals surface area contributed by atoms with E-state index in [0.29, 0.717) is 39.7 Å². The SMILES string of the molecule is COc1cc2c(Oc3ccc(CC(=O)c4c[nH]c(C)c(-c5ccc(F)cc5)c4=O)cc3)ccnc2cn1. The van der Waals surface area contributed by atoms with Gasteiger partial charge in [0.2, 0.25) is 5.88 Å². The van der Waals surface area contributed by atoms with Crippen LogP contribution in [0.2, 0.25) is 0 Å². The second-order valence-corrected chi connectivity index (χ2v) is 8.44. The van der Waals surface area contributed by atoms with Crippen LogP contribution in [0.15, 0.2) is 84.0 Å². The van der Waals surface area contributed by atoms with E-state index in [2.05, 4.69) is 15.0 Å². The third kappa shape index (κ3) is 4.95. The molecule has 0 bridgehead atoms. The quantitative estimate of drug-likeness (QED) is 0.293. The zero-order chi connectivity index (χ0) is 25.9. The molecule has 3 aromatic heterocycles. The van der Waals surface area contributed by atoms with Crippen molar-refractivity contribution >= 4 is 16.7 Å². The molecule has 7 nitrogen and oxygen atoms in total. The number of pyridine rings is 3. The Labute approximate surface area is 211 Å². The van der Waals surface area contributed by atoms with Crippen molar-refractivity contribution in [2.45, 2.75) is 13.3 Å². The molecule has 37 heavy (non-hydrogen) atoms. The average Bonchev–Trinajstić information content (AvgIpc) is 2.91. The maximum Gasteiger partial charge on any atom is 0.213 e. The molecule has 0 aliphatic carbocycles. The normalized spacial score (nSPS) is 10.9. The number of rotatable bonds is 7. The number of H-pyrrole nitrogens is 1. The zero-order valence-electron chi connectivity index (χ0n) is 20.1. The largest absolute Gasteiger partial charge is 0.481 e. The second kappa shape index (κ2) is 10.0. The van der Waals surface area contributed by atoms with Crippen LogP contribution < -0.4 is 14.9 Å². The predicted molar refractivity (Wildman–Crippen MR) is 138 cm³/mol. The number of benzene rings is 2. The zero-order valence-corrected chi connectivity index (χ0v) is 20.1. The van der Waals surface area contributed by atoms with E-state index in [4.69, 9.17) is 9.47 Å².